The molecule has 3 heteroatoms. The Hall–Kier alpha value is -1.22. The molecule has 4 N–H and O–H groups in total. The van der Waals surface area contributed by atoms with Crippen LogP contribution < -0.4 is 16.4 Å². The zero-order valence-corrected chi connectivity index (χ0v) is 8.93. The summed E-state index contributed by atoms with van der Waals surface area (Å²) < 4.78 is 0. The maximum Gasteiger partial charge on any atom is 0.0363 e. The fourth-order valence-corrected chi connectivity index (χ4v) is 1.39. The third-order valence-electron chi connectivity index (χ3n) is 1.98. The second-order valence-corrected chi connectivity index (χ2v) is 3.41. The summed E-state index contributed by atoms with van der Waals surface area (Å²) in [5.74, 6) is 0. The minimum Gasteiger partial charge on any atom is -0.399 e. The molecule has 0 aliphatic heterocycles. The molecule has 1 aromatic rings. The molecule has 0 atom stereocenters. The van der Waals surface area contributed by atoms with Crippen LogP contribution in [0, 0.1) is 6.92 Å². The smallest absolute Gasteiger partial charge is 0.0363 e. The van der Waals surface area contributed by atoms with Crippen molar-refractivity contribution >= 4 is 11.4 Å². The van der Waals surface area contributed by atoms with Crippen molar-refractivity contribution in [3.63, 3.8) is 0 Å². The van der Waals surface area contributed by atoms with E-state index in [1.807, 2.05) is 19.1 Å². The highest BCUT2D eigenvalue weighted by Gasteiger charge is 1.94. The van der Waals surface area contributed by atoms with Gasteiger partial charge in [0.25, 0.3) is 0 Å². The van der Waals surface area contributed by atoms with E-state index in [0.717, 1.165) is 31.0 Å². The number of rotatable bonds is 5. The van der Waals surface area contributed by atoms with Crippen LogP contribution in [-0.4, -0.2) is 19.6 Å². The van der Waals surface area contributed by atoms with E-state index in [9.17, 15) is 0 Å². The number of nitrogens with one attached hydrogen (secondary N) is 2. The average Bonchev–Trinajstić information content (AvgIpc) is 2.11. The summed E-state index contributed by atoms with van der Waals surface area (Å²) >= 11 is 0. The lowest BCUT2D eigenvalue weighted by molar-refractivity contribution is 0.739. The number of aryl methyl sites for hydroxylation is 1. The van der Waals surface area contributed by atoms with Crippen molar-refractivity contribution in [2.24, 2.45) is 0 Å². The molecule has 78 valence electrons. The molecule has 0 aliphatic rings. The SMILES string of the molecule is CCNCCNc1cc(C)cc(N)c1. The Labute approximate surface area is 85.7 Å². The molecule has 0 saturated heterocycles. The summed E-state index contributed by atoms with van der Waals surface area (Å²) in [4.78, 5) is 0. The van der Waals surface area contributed by atoms with Crippen LogP contribution in [0.2, 0.25) is 0 Å². The van der Waals surface area contributed by atoms with Crippen molar-refractivity contribution < 1.29 is 0 Å². The summed E-state index contributed by atoms with van der Waals surface area (Å²) in [6, 6.07) is 6.02. The van der Waals surface area contributed by atoms with Gasteiger partial charge in [0.2, 0.25) is 0 Å². The second-order valence-electron chi connectivity index (χ2n) is 3.41. The van der Waals surface area contributed by atoms with Gasteiger partial charge in [-0.05, 0) is 37.2 Å². The van der Waals surface area contributed by atoms with Gasteiger partial charge in [0.05, 0.1) is 0 Å². The van der Waals surface area contributed by atoms with Gasteiger partial charge in [-0.3, -0.25) is 0 Å². The summed E-state index contributed by atoms with van der Waals surface area (Å²) in [6.45, 7) is 7.06. The lowest BCUT2D eigenvalue weighted by Crippen LogP contribution is -2.21. The maximum atomic E-state index is 5.73. The molecule has 0 aliphatic carbocycles. The summed E-state index contributed by atoms with van der Waals surface area (Å²) in [5.41, 5.74) is 8.84. The molecular formula is C11H19N3. The molecule has 1 rings (SSSR count). The zero-order valence-electron chi connectivity index (χ0n) is 8.93. The minimum atomic E-state index is 0.816. The monoisotopic (exact) mass is 193 g/mol. The van der Waals surface area contributed by atoms with E-state index in [4.69, 9.17) is 5.73 Å². The predicted octanol–water partition coefficient (Wildman–Crippen LogP) is 1.60. The van der Waals surface area contributed by atoms with Gasteiger partial charge in [-0.1, -0.05) is 6.92 Å². The van der Waals surface area contributed by atoms with Crippen LogP contribution >= 0.6 is 0 Å². The van der Waals surface area contributed by atoms with E-state index < -0.39 is 0 Å². The van der Waals surface area contributed by atoms with E-state index >= 15 is 0 Å². The number of likely N-dealkylation sites (N-methyl/N-ethyl adjacent to an activating group) is 1. The van der Waals surface area contributed by atoms with Crippen LogP contribution in [0.4, 0.5) is 11.4 Å². The number of hydrogen-bond acceptors (Lipinski definition) is 3. The molecule has 0 bridgehead atoms. The van der Waals surface area contributed by atoms with Gasteiger partial charge in [0, 0.05) is 24.5 Å². The molecule has 0 spiro atoms. The lowest BCUT2D eigenvalue weighted by Gasteiger charge is -2.08. The third kappa shape index (κ3) is 3.66. The largest absolute Gasteiger partial charge is 0.399 e. The molecule has 1 aromatic carbocycles. The zero-order chi connectivity index (χ0) is 10.4. The Kier molecular flexibility index (Phi) is 4.26. The molecule has 3 nitrogen and oxygen atoms in total. The number of hydrogen-bond donors (Lipinski definition) is 3. The van der Waals surface area contributed by atoms with Crippen molar-refractivity contribution in [2.45, 2.75) is 13.8 Å². The molecule has 0 amide bonds. The third-order valence-corrected chi connectivity index (χ3v) is 1.98. The second kappa shape index (κ2) is 5.50. The highest BCUT2D eigenvalue weighted by molar-refractivity contribution is 5.56. The normalized spacial score (nSPS) is 10.1. The molecule has 0 aromatic heterocycles. The van der Waals surface area contributed by atoms with E-state index in [-0.39, 0.29) is 0 Å². The summed E-state index contributed by atoms with van der Waals surface area (Å²) in [7, 11) is 0. The van der Waals surface area contributed by atoms with Gasteiger partial charge in [0.15, 0.2) is 0 Å². The van der Waals surface area contributed by atoms with E-state index in [0.29, 0.717) is 0 Å². The van der Waals surface area contributed by atoms with Gasteiger partial charge in [-0.15, -0.1) is 0 Å². The van der Waals surface area contributed by atoms with Crippen LogP contribution in [-0.2, 0) is 0 Å². The van der Waals surface area contributed by atoms with Crippen LogP contribution in [0.5, 0.6) is 0 Å². The van der Waals surface area contributed by atoms with Crippen molar-refractivity contribution in [1.29, 1.82) is 0 Å². The Morgan fingerprint density at radius 2 is 2.00 bits per heavy atom. The standard InChI is InChI=1S/C11H19N3/c1-3-13-4-5-14-11-7-9(2)6-10(12)8-11/h6-8,13-14H,3-5,12H2,1-2H3. The number of nitrogens with two attached hydrogens (primary N) is 1. The molecule has 0 fully saturated rings. The Morgan fingerprint density at radius 3 is 2.64 bits per heavy atom. The topological polar surface area (TPSA) is 50.1 Å². The lowest BCUT2D eigenvalue weighted by atomic mass is 10.2. The molecule has 0 radical (unpaired) electrons. The van der Waals surface area contributed by atoms with Crippen LogP contribution in [0.25, 0.3) is 0 Å². The Morgan fingerprint density at radius 1 is 1.21 bits per heavy atom. The number of benzene rings is 1. The molecule has 0 saturated carbocycles. The quantitative estimate of drug-likeness (QED) is 0.492. The first-order valence-corrected chi connectivity index (χ1v) is 5.04. The van der Waals surface area contributed by atoms with Crippen molar-refractivity contribution in [1.82, 2.24) is 5.32 Å². The van der Waals surface area contributed by atoms with Gasteiger partial charge < -0.3 is 16.4 Å². The fraction of sp³-hybridized carbons (Fsp3) is 0.455. The first kappa shape index (κ1) is 10.9. The highest BCUT2D eigenvalue weighted by atomic mass is 14.9. The number of nitrogen functional groups attached to an aromatic ring is 1. The van der Waals surface area contributed by atoms with Gasteiger partial charge in [-0.2, -0.15) is 0 Å². The Balaban J connectivity index is 2.42. The first-order chi connectivity index (χ1) is 6.72. The van der Waals surface area contributed by atoms with Crippen molar-refractivity contribution in [3.05, 3.63) is 23.8 Å². The summed E-state index contributed by atoms with van der Waals surface area (Å²) in [5, 5.41) is 6.57. The average molecular weight is 193 g/mol. The van der Waals surface area contributed by atoms with E-state index in [1.165, 1.54) is 5.56 Å². The first-order valence-electron chi connectivity index (χ1n) is 5.04. The van der Waals surface area contributed by atoms with Gasteiger partial charge in [0.1, 0.15) is 0 Å². The van der Waals surface area contributed by atoms with Crippen molar-refractivity contribution in [2.75, 3.05) is 30.7 Å². The van der Waals surface area contributed by atoms with Gasteiger partial charge >= 0.3 is 0 Å². The van der Waals surface area contributed by atoms with Crippen LogP contribution in [0.15, 0.2) is 18.2 Å². The molecule has 0 heterocycles. The van der Waals surface area contributed by atoms with E-state index in [1.54, 1.807) is 0 Å². The maximum absolute atomic E-state index is 5.73. The summed E-state index contributed by atoms with van der Waals surface area (Å²) in [6.07, 6.45) is 0. The Bertz CT molecular complexity index is 264. The molecule has 0 unspecified atom stereocenters. The fourth-order valence-electron chi connectivity index (χ4n) is 1.39. The van der Waals surface area contributed by atoms with Crippen LogP contribution in [0.1, 0.15) is 12.5 Å². The molecular weight excluding hydrogens is 174 g/mol. The molecule has 14 heavy (non-hydrogen) atoms. The minimum absolute atomic E-state index is 0.816. The number of anilines is 2. The van der Waals surface area contributed by atoms with Crippen LogP contribution in [0.3, 0.4) is 0 Å². The highest BCUT2D eigenvalue weighted by Crippen LogP contribution is 2.15. The van der Waals surface area contributed by atoms with Gasteiger partial charge in [-0.25, -0.2) is 0 Å². The van der Waals surface area contributed by atoms with E-state index in [2.05, 4.69) is 23.6 Å². The van der Waals surface area contributed by atoms with Crippen molar-refractivity contribution in [3.8, 4) is 0 Å². The predicted molar refractivity (Wildman–Crippen MR) is 62.6 cm³/mol.